The third kappa shape index (κ3) is 6.05. The van der Waals surface area contributed by atoms with Crippen molar-refractivity contribution in [2.45, 2.75) is 20.3 Å². The molecule has 1 heterocycles. The number of rotatable bonds is 10. The van der Waals surface area contributed by atoms with Crippen molar-refractivity contribution >= 4 is 34.6 Å². The van der Waals surface area contributed by atoms with Crippen LogP contribution in [0.4, 0.5) is 15.9 Å². The highest BCUT2D eigenvalue weighted by atomic mass is 19.1. The summed E-state index contributed by atoms with van der Waals surface area (Å²) in [7, 11) is 0. The van der Waals surface area contributed by atoms with Crippen LogP contribution in [0.2, 0.25) is 0 Å². The van der Waals surface area contributed by atoms with Gasteiger partial charge in [-0.1, -0.05) is 32.1 Å². The first-order chi connectivity index (χ1) is 15.0. The summed E-state index contributed by atoms with van der Waals surface area (Å²) in [5, 5.41) is 15.3. The Bertz CT molecular complexity index is 1070. The number of hydrogen-bond donors (Lipinski definition) is 1. The van der Waals surface area contributed by atoms with Crippen molar-refractivity contribution in [1.82, 2.24) is 14.9 Å². The van der Waals surface area contributed by atoms with E-state index in [-0.39, 0.29) is 11.5 Å². The molecule has 162 valence electrons. The van der Waals surface area contributed by atoms with Gasteiger partial charge >= 0.3 is 0 Å². The zero-order chi connectivity index (χ0) is 22.2. The molecule has 0 radical (unpaired) electrons. The Morgan fingerprint density at radius 2 is 1.84 bits per heavy atom. The summed E-state index contributed by atoms with van der Waals surface area (Å²) in [6.07, 6.45) is 4.44. The van der Waals surface area contributed by atoms with Gasteiger partial charge in [-0.2, -0.15) is 0 Å². The highest BCUT2D eigenvalue weighted by molar-refractivity contribution is 5.91. The lowest BCUT2D eigenvalue weighted by atomic mass is 10.2. The third-order valence-electron chi connectivity index (χ3n) is 5.04. The van der Waals surface area contributed by atoms with Gasteiger partial charge in [0.1, 0.15) is 11.6 Å². The minimum Gasteiger partial charge on any atom is -0.369 e. The maximum Gasteiger partial charge on any atom is 0.271 e. The second-order valence-electron chi connectivity index (χ2n) is 7.08. The number of nitro benzene ring substituents is 1. The van der Waals surface area contributed by atoms with Crippen LogP contribution in [-0.4, -0.2) is 46.0 Å². The van der Waals surface area contributed by atoms with E-state index in [0.717, 1.165) is 43.5 Å². The predicted octanol–water partition coefficient (Wildman–Crippen LogP) is 4.99. The molecule has 0 spiro atoms. The molecule has 1 N–H and O–H groups in total. The van der Waals surface area contributed by atoms with Gasteiger partial charge in [0, 0.05) is 24.1 Å². The summed E-state index contributed by atoms with van der Waals surface area (Å²) in [5.41, 5.74) is 1.28. The average molecular weight is 423 g/mol. The fraction of sp³-hybridized carbons (Fsp3) is 0.304. The molecule has 2 aromatic carbocycles. The fourth-order valence-electron chi connectivity index (χ4n) is 3.25. The molecule has 0 amide bonds. The van der Waals surface area contributed by atoms with Crippen LogP contribution in [0.15, 0.2) is 42.5 Å². The largest absolute Gasteiger partial charge is 0.369 e. The lowest BCUT2D eigenvalue weighted by molar-refractivity contribution is -0.384. The first-order valence-corrected chi connectivity index (χ1v) is 10.4. The molecule has 0 fully saturated rings. The van der Waals surface area contributed by atoms with Crippen LogP contribution in [0.1, 0.15) is 31.7 Å². The van der Waals surface area contributed by atoms with Crippen molar-refractivity contribution in [3.63, 3.8) is 0 Å². The van der Waals surface area contributed by atoms with Gasteiger partial charge in [-0.25, -0.2) is 14.4 Å². The van der Waals surface area contributed by atoms with Crippen LogP contribution in [-0.2, 0) is 0 Å². The van der Waals surface area contributed by atoms with Gasteiger partial charge in [0.15, 0.2) is 5.82 Å². The molecule has 8 heteroatoms. The Labute approximate surface area is 180 Å². The van der Waals surface area contributed by atoms with E-state index in [4.69, 9.17) is 0 Å². The number of halogens is 1. The highest BCUT2D eigenvalue weighted by Crippen LogP contribution is 2.25. The molecular formula is C23H26FN5O2. The van der Waals surface area contributed by atoms with Gasteiger partial charge < -0.3 is 10.2 Å². The van der Waals surface area contributed by atoms with Crippen molar-refractivity contribution in [3.05, 3.63) is 69.8 Å². The van der Waals surface area contributed by atoms with Gasteiger partial charge in [-0.15, -0.1) is 0 Å². The molecule has 7 nitrogen and oxygen atoms in total. The van der Waals surface area contributed by atoms with E-state index in [1.54, 1.807) is 30.4 Å². The summed E-state index contributed by atoms with van der Waals surface area (Å²) in [4.78, 5) is 22.2. The summed E-state index contributed by atoms with van der Waals surface area (Å²) >= 11 is 0. The topological polar surface area (TPSA) is 84.2 Å². The van der Waals surface area contributed by atoms with Crippen molar-refractivity contribution in [2.24, 2.45) is 0 Å². The normalized spacial score (nSPS) is 11.5. The van der Waals surface area contributed by atoms with Crippen molar-refractivity contribution in [3.8, 4) is 0 Å². The van der Waals surface area contributed by atoms with E-state index in [2.05, 4.69) is 34.0 Å². The Morgan fingerprint density at radius 3 is 2.52 bits per heavy atom. The average Bonchev–Trinajstić information content (AvgIpc) is 2.78. The molecule has 0 aliphatic carbocycles. The van der Waals surface area contributed by atoms with Gasteiger partial charge in [0.25, 0.3) is 5.69 Å². The number of nitrogens with one attached hydrogen (secondary N) is 1. The molecule has 0 bridgehead atoms. The van der Waals surface area contributed by atoms with Gasteiger partial charge in [0.05, 0.1) is 10.4 Å². The number of hydrogen-bond acceptors (Lipinski definition) is 6. The summed E-state index contributed by atoms with van der Waals surface area (Å²) in [6.45, 7) is 8.00. The Morgan fingerprint density at radius 1 is 1.10 bits per heavy atom. The fourth-order valence-corrected chi connectivity index (χ4v) is 3.25. The van der Waals surface area contributed by atoms with Crippen LogP contribution in [0.25, 0.3) is 23.1 Å². The number of nitro groups is 1. The summed E-state index contributed by atoms with van der Waals surface area (Å²) in [5.74, 6) is 0.754. The second-order valence-corrected chi connectivity index (χ2v) is 7.08. The number of benzene rings is 2. The number of aromatic nitrogens is 2. The van der Waals surface area contributed by atoms with E-state index < -0.39 is 4.92 Å². The SMILES string of the molecule is CCN(CC)CCCNc1nc(/C=C/c2ccc(F)cc2)nc2cc([N+](=O)[O-])ccc12. The van der Waals surface area contributed by atoms with Gasteiger partial charge in [-0.3, -0.25) is 10.1 Å². The third-order valence-corrected chi connectivity index (χ3v) is 5.04. The van der Waals surface area contributed by atoms with Gasteiger partial charge in [0.2, 0.25) is 0 Å². The Hall–Kier alpha value is -3.39. The minimum absolute atomic E-state index is 0.0212. The number of anilines is 1. The van der Waals surface area contributed by atoms with Gasteiger partial charge in [-0.05, 0) is 55.9 Å². The molecule has 1 aromatic heterocycles. The molecule has 3 rings (SSSR count). The summed E-state index contributed by atoms with van der Waals surface area (Å²) in [6, 6.07) is 10.7. The molecule has 0 aliphatic heterocycles. The molecule has 0 atom stereocenters. The maximum atomic E-state index is 13.1. The van der Waals surface area contributed by atoms with E-state index in [0.29, 0.717) is 17.2 Å². The van der Waals surface area contributed by atoms with Crippen LogP contribution in [0.3, 0.4) is 0 Å². The molecule has 31 heavy (non-hydrogen) atoms. The summed E-state index contributed by atoms with van der Waals surface area (Å²) < 4.78 is 13.1. The number of fused-ring (bicyclic) bond motifs is 1. The lowest BCUT2D eigenvalue weighted by Gasteiger charge is -2.18. The van der Waals surface area contributed by atoms with E-state index in [1.807, 2.05) is 0 Å². The van der Waals surface area contributed by atoms with E-state index in [1.165, 1.54) is 24.3 Å². The predicted molar refractivity (Wildman–Crippen MR) is 122 cm³/mol. The second kappa shape index (κ2) is 10.6. The Kier molecular flexibility index (Phi) is 7.61. The first kappa shape index (κ1) is 22.3. The molecule has 0 saturated heterocycles. The zero-order valence-corrected chi connectivity index (χ0v) is 17.7. The number of non-ortho nitro benzene ring substituents is 1. The molecular weight excluding hydrogens is 397 g/mol. The van der Waals surface area contributed by atoms with Crippen LogP contribution < -0.4 is 5.32 Å². The first-order valence-electron chi connectivity index (χ1n) is 10.4. The molecule has 0 saturated carbocycles. The lowest BCUT2D eigenvalue weighted by Crippen LogP contribution is -2.25. The van der Waals surface area contributed by atoms with Crippen molar-refractivity contribution in [2.75, 3.05) is 31.5 Å². The standard InChI is InChI=1S/C23H26FN5O2/c1-3-28(4-2)15-5-14-25-23-20-12-11-19(29(30)31)16-21(20)26-22(27-23)13-8-17-6-9-18(24)10-7-17/h6-13,16H,3-5,14-15H2,1-2H3,(H,25,26,27)/b13-8+. The van der Waals surface area contributed by atoms with Crippen molar-refractivity contribution < 1.29 is 9.31 Å². The number of nitrogens with zero attached hydrogens (tertiary/aromatic N) is 4. The van der Waals surface area contributed by atoms with Crippen LogP contribution >= 0.6 is 0 Å². The van der Waals surface area contributed by atoms with Crippen LogP contribution in [0.5, 0.6) is 0 Å². The minimum atomic E-state index is -0.438. The van der Waals surface area contributed by atoms with Crippen molar-refractivity contribution in [1.29, 1.82) is 0 Å². The quantitative estimate of drug-likeness (QED) is 0.281. The monoisotopic (exact) mass is 423 g/mol. The van der Waals surface area contributed by atoms with E-state index in [9.17, 15) is 14.5 Å². The molecule has 3 aromatic rings. The maximum absolute atomic E-state index is 13.1. The Balaban J connectivity index is 1.87. The molecule has 0 aliphatic rings. The van der Waals surface area contributed by atoms with Crippen LogP contribution in [0, 0.1) is 15.9 Å². The smallest absolute Gasteiger partial charge is 0.271 e. The molecule has 0 unspecified atom stereocenters. The van der Waals surface area contributed by atoms with E-state index >= 15 is 0 Å². The zero-order valence-electron chi connectivity index (χ0n) is 17.7. The highest BCUT2D eigenvalue weighted by Gasteiger charge is 2.12.